The van der Waals surface area contributed by atoms with E-state index in [1.807, 2.05) is 0 Å². The molecular formula is C18H25NO5. The lowest BCUT2D eigenvalue weighted by molar-refractivity contribution is -0.139. The molecule has 1 fully saturated rings. The number of carboxylic acids is 1. The zero-order valence-electron chi connectivity index (χ0n) is 14.2. The third kappa shape index (κ3) is 4.71. The molecule has 0 spiro atoms. The first-order valence-corrected chi connectivity index (χ1v) is 8.30. The van der Waals surface area contributed by atoms with E-state index in [4.69, 9.17) is 9.84 Å². The monoisotopic (exact) mass is 335 g/mol. The van der Waals surface area contributed by atoms with Gasteiger partial charge in [0, 0.05) is 18.0 Å². The fraction of sp³-hybridized carbons (Fsp3) is 0.556. The Morgan fingerprint density at radius 1 is 1.21 bits per heavy atom. The van der Waals surface area contributed by atoms with E-state index in [2.05, 4.69) is 5.32 Å². The summed E-state index contributed by atoms with van der Waals surface area (Å²) in [5.41, 5.74) is 1.95. The van der Waals surface area contributed by atoms with E-state index in [9.17, 15) is 14.7 Å². The van der Waals surface area contributed by atoms with Crippen LogP contribution in [0.15, 0.2) is 12.1 Å². The van der Waals surface area contributed by atoms with Gasteiger partial charge in [0.05, 0.1) is 6.10 Å². The molecule has 0 radical (unpaired) electrons. The van der Waals surface area contributed by atoms with Crippen LogP contribution >= 0.6 is 0 Å². The summed E-state index contributed by atoms with van der Waals surface area (Å²) >= 11 is 0. The summed E-state index contributed by atoms with van der Waals surface area (Å²) in [6, 6.07) is 3.38. The number of hydrogen-bond acceptors (Lipinski definition) is 4. The highest BCUT2D eigenvalue weighted by molar-refractivity contribution is 5.94. The molecule has 0 saturated heterocycles. The molecule has 3 N–H and O–H groups in total. The quantitative estimate of drug-likeness (QED) is 0.739. The van der Waals surface area contributed by atoms with Gasteiger partial charge in [0.2, 0.25) is 0 Å². The number of carbonyl (C=O) groups excluding carboxylic acids is 1. The first kappa shape index (κ1) is 18.3. The Balaban J connectivity index is 2.00. The summed E-state index contributed by atoms with van der Waals surface area (Å²) in [6.45, 7) is 3.62. The SMILES string of the molecule is Cc1cc(C(=O)NC[C@@H]2CCCC[C@H]2O)cc(C)c1OCC(=O)O. The van der Waals surface area contributed by atoms with Crippen molar-refractivity contribution in [1.29, 1.82) is 0 Å². The van der Waals surface area contributed by atoms with Crippen LogP contribution in [0.5, 0.6) is 5.75 Å². The molecule has 0 bridgehead atoms. The van der Waals surface area contributed by atoms with Gasteiger partial charge in [0.1, 0.15) is 5.75 Å². The van der Waals surface area contributed by atoms with Crippen molar-refractivity contribution in [3.8, 4) is 5.75 Å². The first-order valence-electron chi connectivity index (χ1n) is 8.30. The van der Waals surface area contributed by atoms with Gasteiger partial charge in [-0.15, -0.1) is 0 Å². The number of carboxylic acid groups (broad SMARTS) is 1. The number of aliphatic hydroxyl groups is 1. The van der Waals surface area contributed by atoms with Crippen LogP contribution in [0, 0.1) is 19.8 Å². The van der Waals surface area contributed by atoms with Crippen molar-refractivity contribution in [2.75, 3.05) is 13.2 Å². The first-order chi connectivity index (χ1) is 11.4. The van der Waals surface area contributed by atoms with Crippen molar-refractivity contribution in [3.63, 3.8) is 0 Å². The molecule has 24 heavy (non-hydrogen) atoms. The third-order valence-electron chi connectivity index (χ3n) is 4.46. The smallest absolute Gasteiger partial charge is 0.341 e. The number of ether oxygens (including phenoxy) is 1. The lowest BCUT2D eigenvalue weighted by Gasteiger charge is -2.27. The summed E-state index contributed by atoms with van der Waals surface area (Å²) in [5.74, 6) is -0.620. The van der Waals surface area contributed by atoms with Crippen molar-refractivity contribution in [3.05, 3.63) is 28.8 Å². The van der Waals surface area contributed by atoms with Crippen molar-refractivity contribution in [2.24, 2.45) is 5.92 Å². The number of aliphatic carboxylic acids is 1. The number of benzene rings is 1. The highest BCUT2D eigenvalue weighted by Gasteiger charge is 2.23. The average Bonchev–Trinajstić information content (AvgIpc) is 2.52. The van der Waals surface area contributed by atoms with Gasteiger partial charge in [0.25, 0.3) is 5.91 Å². The largest absolute Gasteiger partial charge is 0.481 e. The minimum atomic E-state index is -1.04. The number of aryl methyl sites for hydroxylation is 2. The highest BCUT2D eigenvalue weighted by Crippen LogP contribution is 2.26. The van der Waals surface area contributed by atoms with Crippen molar-refractivity contribution in [2.45, 2.75) is 45.6 Å². The molecule has 2 atom stereocenters. The molecule has 0 unspecified atom stereocenters. The topological polar surface area (TPSA) is 95.9 Å². The normalized spacial score (nSPS) is 20.5. The fourth-order valence-electron chi connectivity index (χ4n) is 3.19. The van der Waals surface area contributed by atoms with Gasteiger partial charge >= 0.3 is 5.97 Å². The average molecular weight is 335 g/mol. The molecule has 132 valence electrons. The Hall–Kier alpha value is -2.08. The van der Waals surface area contributed by atoms with Crippen molar-refractivity contribution < 1.29 is 24.5 Å². The Morgan fingerprint density at radius 3 is 2.42 bits per heavy atom. The summed E-state index contributed by atoms with van der Waals surface area (Å²) in [7, 11) is 0. The molecule has 1 aliphatic rings. The molecule has 0 aromatic heterocycles. The lowest BCUT2D eigenvalue weighted by atomic mass is 9.86. The van der Waals surface area contributed by atoms with Crippen LogP contribution in [0.4, 0.5) is 0 Å². The number of carbonyl (C=O) groups is 2. The summed E-state index contributed by atoms with van der Waals surface area (Å²) in [6.07, 6.45) is 3.53. The Morgan fingerprint density at radius 2 is 1.83 bits per heavy atom. The predicted octanol–water partition coefficient (Wildman–Crippen LogP) is 2.05. The summed E-state index contributed by atoms with van der Waals surface area (Å²) in [5, 5.41) is 21.6. The molecule has 2 rings (SSSR count). The Kier molecular flexibility index (Phi) is 6.20. The van der Waals surface area contributed by atoms with E-state index in [0.717, 1.165) is 36.8 Å². The van der Waals surface area contributed by atoms with E-state index in [0.29, 0.717) is 17.9 Å². The molecule has 1 amide bonds. The van der Waals surface area contributed by atoms with Gasteiger partial charge in [-0.3, -0.25) is 4.79 Å². The maximum absolute atomic E-state index is 12.3. The van der Waals surface area contributed by atoms with Crippen LogP contribution in [0.25, 0.3) is 0 Å². The molecular weight excluding hydrogens is 310 g/mol. The third-order valence-corrected chi connectivity index (χ3v) is 4.46. The minimum absolute atomic E-state index is 0.114. The van der Waals surface area contributed by atoms with Crippen molar-refractivity contribution in [1.82, 2.24) is 5.32 Å². The molecule has 1 aliphatic carbocycles. The summed E-state index contributed by atoms with van der Waals surface area (Å²) < 4.78 is 5.27. The number of aliphatic hydroxyl groups excluding tert-OH is 1. The number of rotatable bonds is 6. The minimum Gasteiger partial charge on any atom is -0.481 e. The van der Waals surface area contributed by atoms with Gasteiger partial charge in [-0.25, -0.2) is 4.79 Å². The van der Waals surface area contributed by atoms with E-state index in [1.54, 1.807) is 26.0 Å². The van der Waals surface area contributed by atoms with Crippen LogP contribution < -0.4 is 10.1 Å². The molecule has 0 aliphatic heterocycles. The zero-order valence-corrected chi connectivity index (χ0v) is 14.2. The number of hydrogen-bond donors (Lipinski definition) is 3. The molecule has 1 saturated carbocycles. The maximum atomic E-state index is 12.3. The van der Waals surface area contributed by atoms with Crippen molar-refractivity contribution >= 4 is 11.9 Å². The molecule has 1 aromatic carbocycles. The number of amides is 1. The second-order valence-corrected chi connectivity index (χ2v) is 6.44. The van der Waals surface area contributed by atoms with E-state index < -0.39 is 12.6 Å². The molecule has 1 aromatic rings. The molecule has 0 heterocycles. The van der Waals surface area contributed by atoms with Crippen LogP contribution in [-0.4, -0.2) is 41.3 Å². The second-order valence-electron chi connectivity index (χ2n) is 6.44. The standard InChI is InChI=1S/C18H25NO5/c1-11-7-14(8-12(2)17(11)24-10-16(21)22)18(23)19-9-13-5-3-4-6-15(13)20/h7-8,13,15,20H,3-6,9-10H2,1-2H3,(H,19,23)(H,21,22)/t13-,15+/m0/s1. The fourth-order valence-corrected chi connectivity index (χ4v) is 3.19. The lowest BCUT2D eigenvalue weighted by Crippen LogP contribution is -2.36. The second kappa shape index (κ2) is 8.15. The van der Waals surface area contributed by atoms with Gasteiger partial charge in [-0.1, -0.05) is 12.8 Å². The van der Waals surface area contributed by atoms with E-state index in [-0.39, 0.29) is 17.9 Å². The van der Waals surface area contributed by atoms with E-state index in [1.165, 1.54) is 0 Å². The van der Waals surface area contributed by atoms with E-state index >= 15 is 0 Å². The van der Waals surface area contributed by atoms with Gasteiger partial charge in [-0.05, 0) is 49.9 Å². The number of nitrogens with one attached hydrogen (secondary N) is 1. The Labute approximate surface area is 141 Å². The maximum Gasteiger partial charge on any atom is 0.341 e. The van der Waals surface area contributed by atoms with Crippen LogP contribution in [0.2, 0.25) is 0 Å². The zero-order chi connectivity index (χ0) is 17.7. The van der Waals surface area contributed by atoms with Gasteiger partial charge in [-0.2, -0.15) is 0 Å². The molecule has 6 heteroatoms. The van der Waals surface area contributed by atoms with Crippen LogP contribution in [0.1, 0.15) is 47.2 Å². The van der Waals surface area contributed by atoms with Gasteiger partial charge < -0.3 is 20.3 Å². The molecule has 6 nitrogen and oxygen atoms in total. The predicted molar refractivity (Wildman–Crippen MR) is 89.3 cm³/mol. The Bertz CT molecular complexity index is 590. The van der Waals surface area contributed by atoms with Crippen LogP contribution in [-0.2, 0) is 4.79 Å². The van der Waals surface area contributed by atoms with Gasteiger partial charge in [0.15, 0.2) is 6.61 Å². The summed E-state index contributed by atoms with van der Waals surface area (Å²) in [4.78, 5) is 23.0. The van der Waals surface area contributed by atoms with Crippen LogP contribution in [0.3, 0.4) is 0 Å². The highest BCUT2D eigenvalue weighted by atomic mass is 16.5.